The summed E-state index contributed by atoms with van der Waals surface area (Å²) in [4.78, 5) is 2.06. The van der Waals surface area contributed by atoms with Crippen LogP contribution < -0.4 is 10.6 Å². The average molecular weight is 279 g/mol. The van der Waals surface area contributed by atoms with Gasteiger partial charge in [-0.15, -0.1) is 0 Å². The van der Waals surface area contributed by atoms with Gasteiger partial charge in [0.1, 0.15) is 11.7 Å². The summed E-state index contributed by atoms with van der Waals surface area (Å²) in [6, 6.07) is 5.03. The molecule has 2 rings (SSSR count). The minimum atomic E-state index is -0.332. The Morgan fingerprint density at radius 1 is 1.55 bits per heavy atom. The lowest BCUT2D eigenvalue weighted by molar-refractivity contribution is 0.202. The highest BCUT2D eigenvalue weighted by molar-refractivity contribution is 5.95. The van der Waals surface area contributed by atoms with E-state index in [-0.39, 0.29) is 11.7 Å². The Kier molecular flexibility index (Phi) is 4.60. The topological polar surface area (TPSA) is 62.3 Å². The van der Waals surface area contributed by atoms with Crippen molar-refractivity contribution in [2.45, 2.75) is 25.8 Å². The number of halogens is 1. The van der Waals surface area contributed by atoms with E-state index in [1.807, 2.05) is 0 Å². The predicted molar refractivity (Wildman–Crippen MR) is 78.8 cm³/mol. The van der Waals surface area contributed by atoms with E-state index in [0.717, 1.165) is 0 Å². The molecular weight excluding hydrogens is 257 g/mol. The number of nitrogens with two attached hydrogens (primary N) is 1. The summed E-state index contributed by atoms with van der Waals surface area (Å²) in [5.74, 6) is 0.189. The van der Waals surface area contributed by atoms with Crippen LogP contribution in [-0.2, 0) is 4.74 Å². The van der Waals surface area contributed by atoms with E-state index in [2.05, 4.69) is 11.8 Å². The lowest BCUT2D eigenvalue weighted by Gasteiger charge is -2.31. The molecule has 0 bridgehead atoms. The molecule has 0 saturated heterocycles. The maximum absolute atomic E-state index is 14.3. The van der Waals surface area contributed by atoms with Crippen molar-refractivity contribution in [3.8, 4) is 0 Å². The summed E-state index contributed by atoms with van der Waals surface area (Å²) < 4.78 is 19.4. The number of benzene rings is 1. The molecule has 1 aliphatic rings. The van der Waals surface area contributed by atoms with Gasteiger partial charge in [-0.1, -0.05) is 0 Å². The third-order valence-corrected chi connectivity index (χ3v) is 3.90. The van der Waals surface area contributed by atoms with E-state index in [9.17, 15) is 4.39 Å². The van der Waals surface area contributed by atoms with Crippen molar-refractivity contribution >= 4 is 11.5 Å². The molecule has 3 N–H and O–H groups in total. The monoisotopic (exact) mass is 279 g/mol. The van der Waals surface area contributed by atoms with E-state index in [4.69, 9.17) is 15.9 Å². The van der Waals surface area contributed by atoms with Crippen molar-refractivity contribution in [2.24, 2.45) is 11.7 Å². The van der Waals surface area contributed by atoms with Gasteiger partial charge in [0.25, 0.3) is 0 Å². The number of methoxy groups -OCH3 is 1. The quantitative estimate of drug-likeness (QED) is 0.595. The first-order chi connectivity index (χ1) is 9.54. The fraction of sp³-hybridized carbons (Fsp3) is 0.533. The second-order valence-corrected chi connectivity index (χ2v) is 5.34. The number of nitrogen functional groups attached to an aromatic ring is 1. The minimum Gasteiger partial charge on any atom is -0.384 e. The summed E-state index contributed by atoms with van der Waals surface area (Å²) in [6.07, 6.45) is 2.41. The molecule has 1 aromatic rings. The molecular formula is C15H22FN3O. The Labute approximate surface area is 119 Å². The van der Waals surface area contributed by atoms with Crippen molar-refractivity contribution < 1.29 is 9.13 Å². The Balaban J connectivity index is 2.25. The maximum atomic E-state index is 14.3. The Bertz CT molecular complexity index is 488. The number of ether oxygens (including phenoxy) is 1. The zero-order valence-electron chi connectivity index (χ0n) is 12.0. The van der Waals surface area contributed by atoms with Gasteiger partial charge in [0.05, 0.1) is 12.3 Å². The number of rotatable bonds is 7. The largest absolute Gasteiger partial charge is 0.384 e. The summed E-state index contributed by atoms with van der Waals surface area (Å²) in [6.45, 7) is 3.35. The summed E-state index contributed by atoms with van der Waals surface area (Å²) in [7, 11) is 1.65. The SMILES string of the molecule is COCCN(c1ccc(C(=N)N)cc1F)C(C)C1CC1. The lowest BCUT2D eigenvalue weighted by Crippen LogP contribution is -2.38. The van der Waals surface area contributed by atoms with Crippen LogP contribution in [0.3, 0.4) is 0 Å². The van der Waals surface area contributed by atoms with Crippen LogP contribution in [0.4, 0.5) is 10.1 Å². The van der Waals surface area contributed by atoms with Gasteiger partial charge < -0.3 is 15.4 Å². The lowest BCUT2D eigenvalue weighted by atomic mass is 10.1. The Morgan fingerprint density at radius 2 is 2.25 bits per heavy atom. The molecule has 4 nitrogen and oxygen atoms in total. The normalized spacial score (nSPS) is 15.9. The van der Waals surface area contributed by atoms with E-state index >= 15 is 0 Å². The number of hydrogen-bond donors (Lipinski definition) is 2. The first kappa shape index (κ1) is 14.8. The van der Waals surface area contributed by atoms with Gasteiger partial charge in [0, 0.05) is 25.3 Å². The molecule has 0 spiro atoms. The van der Waals surface area contributed by atoms with Gasteiger partial charge in [-0.25, -0.2) is 4.39 Å². The van der Waals surface area contributed by atoms with Crippen molar-refractivity contribution in [1.29, 1.82) is 5.41 Å². The van der Waals surface area contributed by atoms with Gasteiger partial charge >= 0.3 is 0 Å². The Hall–Kier alpha value is -1.62. The second kappa shape index (κ2) is 6.22. The third-order valence-electron chi connectivity index (χ3n) is 3.90. The highest BCUT2D eigenvalue weighted by Crippen LogP contribution is 2.37. The van der Waals surface area contributed by atoms with Gasteiger partial charge in [-0.3, -0.25) is 5.41 Å². The zero-order chi connectivity index (χ0) is 14.7. The molecule has 1 fully saturated rings. The van der Waals surface area contributed by atoms with Crippen molar-refractivity contribution in [2.75, 3.05) is 25.2 Å². The van der Waals surface area contributed by atoms with Crippen LogP contribution in [0.25, 0.3) is 0 Å². The fourth-order valence-electron chi connectivity index (χ4n) is 2.47. The number of nitrogens with one attached hydrogen (secondary N) is 1. The van der Waals surface area contributed by atoms with Gasteiger partial charge in [-0.2, -0.15) is 0 Å². The molecule has 1 unspecified atom stereocenters. The molecule has 5 heteroatoms. The summed E-state index contributed by atoms with van der Waals surface area (Å²) in [5, 5.41) is 7.36. The first-order valence-corrected chi connectivity index (χ1v) is 6.94. The Morgan fingerprint density at radius 3 is 2.75 bits per heavy atom. The van der Waals surface area contributed by atoms with Crippen LogP contribution in [0, 0.1) is 17.1 Å². The fourth-order valence-corrected chi connectivity index (χ4v) is 2.47. The van der Waals surface area contributed by atoms with Crippen molar-refractivity contribution in [3.63, 3.8) is 0 Å². The summed E-state index contributed by atoms with van der Waals surface area (Å²) >= 11 is 0. The van der Waals surface area contributed by atoms with Crippen LogP contribution in [-0.4, -0.2) is 32.1 Å². The first-order valence-electron chi connectivity index (χ1n) is 6.94. The highest BCUT2D eigenvalue weighted by Gasteiger charge is 2.32. The van der Waals surface area contributed by atoms with Crippen LogP contribution in [0.2, 0.25) is 0 Å². The maximum Gasteiger partial charge on any atom is 0.147 e. The molecule has 0 heterocycles. The van der Waals surface area contributed by atoms with Gasteiger partial charge in [0.2, 0.25) is 0 Å². The van der Waals surface area contributed by atoms with E-state index in [1.54, 1.807) is 19.2 Å². The van der Waals surface area contributed by atoms with Crippen LogP contribution in [0.15, 0.2) is 18.2 Å². The van der Waals surface area contributed by atoms with E-state index < -0.39 is 0 Å². The molecule has 1 saturated carbocycles. The van der Waals surface area contributed by atoms with Crippen LogP contribution in [0.1, 0.15) is 25.3 Å². The standard InChI is InChI=1S/C15H22FN3O/c1-10(11-3-4-11)19(7-8-20-2)14-6-5-12(15(17)18)9-13(14)16/h5-6,9-11H,3-4,7-8H2,1-2H3,(H3,17,18). The van der Waals surface area contributed by atoms with Crippen molar-refractivity contribution in [1.82, 2.24) is 0 Å². The van der Waals surface area contributed by atoms with E-state index in [1.165, 1.54) is 18.9 Å². The number of hydrogen-bond acceptors (Lipinski definition) is 3. The number of anilines is 1. The molecule has 1 aromatic carbocycles. The molecule has 110 valence electrons. The minimum absolute atomic E-state index is 0.117. The smallest absolute Gasteiger partial charge is 0.147 e. The van der Waals surface area contributed by atoms with Gasteiger partial charge in [0.15, 0.2) is 0 Å². The summed E-state index contributed by atoms with van der Waals surface area (Å²) in [5.41, 5.74) is 6.37. The molecule has 0 aliphatic heterocycles. The third kappa shape index (κ3) is 3.28. The second-order valence-electron chi connectivity index (χ2n) is 5.34. The number of nitrogens with zero attached hydrogens (tertiary/aromatic N) is 1. The molecule has 1 atom stereocenters. The van der Waals surface area contributed by atoms with Crippen LogP contribution in [0.5, 0.6) is 0 Å². The molecule has 0 radical (unpaired) electrons. The van der Waals surface area contributed by atoms with E-state index in [0.29, 0.717) is 36.4 Å². The van der Waals surface area contributed by atoms with Crippen molar-refractivity contribution in [3.05, 3.63) is 29.6 Å². The molecule has 0 amide bonds. The highest BCUT2D eigenvalue weighted by atomic mass is 19.1. The van der Waals surface area contributed by atoms with Gasteiger partial charge in [-0.05, 0) is 43.9 Å². The molecule has 1 aliphatic carbocycles. The number of amidine groups is 1. The molecule has 0 aromatic heterocycles. The van der Waals surface area contributed by atoms with Crippen LogP contribution >= 0.6 is 0 Å². The predicted octanol–water partition coefficient (Wildman–Crippen LogP) is 2.36. The average Bonchev–Trinajstić information content (AvgIpc) is 3.24. The zero-order valence-corrected chi connectivity index (χ0v) is 12.0. The molecule has 20 heavy (non-hydrogen) atoms.